The molecule has 0 bridgehead atoms. The van der Waals surface area contributed by atoms with E-state index >= 15 is 0 Å². The second kappa shape index (κ2) is 30.2. The van der Waals surface area contributed by atoms with E-state index < -0.39 is 146 Å². The molecular weight excluding hydrogens is 897 g/mol. The first kappa shape index (κ1) is 58.8. The first-order valence-corrected chi connectivity index (χ1v) is 22.8. The van der Waals surface area contributed by atoms with Crippen LogP contribution in [0.4, 0.5) is 0 Å². The normalized spacial score (nSPS) is 17.6. The number of aliphatic hydroxyl groups excluding tert-OH is 4. The Kier molecular flexibility index (Phi) is 26.9. The Labute approximate surface area is 385 Å². The first-order valence-electron chi connectivity index (χ1n) is 21.4. The van der Waals surface area contributed by atoms with Gasteiger partial charge in [0.2, 0.25) is 47.3 Å². The third-order valence-electron chi connectivity index (χ3n) is 10.2. The number of likely N-dealkylation sites (tertiary alicyclic amines) is 1. The van der Waals surface area contributed by atoms with Gasteiger partial charge in [-0.1, -0.05) is 20.3 Å². The summed E-state index contributed by atoms with van der Waals surface area (Å²) in [5.41, 5.74) is 11.4. The van der Waals surface area contributed by atoms with Crippen molar-refractivity contribution in [3.63, 3.8) is 0 Å². The van der Waals surface area contributed by atoms with Crippen LogP contribution in [-0.4, -0.2) is 200 Å². The Bertz CT molecular complexity index is 1680. The van der Waals surface area contributed by atoms with Gasteiger partial charge in [-0.2, -0.15) is 11.8 Å². The molecule has 0 spiro atoms. The second-order valence-electron chi connectivity index (χ2n) is 16.1. The number of carboxylic acids is 2. The average Bonchev–Trinajstić information content (AvgIpc) is 3.75. The highest BCUT2D eigenvalue weighted by molar-refractivity contribution is 7.98. The number of carboxylic acid groups (broad SMARTS) is 2. The van der Waals surface area contributed by atoms with Gasteiger partial charge >= 0.3 is 11.9 Å². The molecule has 1 heterocycles. The molecule has 26 nitrogen and oxygen atoms in total. The lowest BCUT2D eigenvalue weighted by Crippen LogP contribution is -2.62. The minimum Gasteiger partial charge on any atom is -0.481 e. The highest BCUT2D eigenvalue weighted by Crippen LogP contribution is 2.20. The van der Waals surface area contributed by atoms with Gasteiger partial charge in [0.25, 0.3) is 0 Å². The fourth-order valence-electron chi connectivity index (χ4n) is 6.58. The topological polar surface area (TPSA) is 432 Å². The smallest absolute Gasteiger partial charge is 0.326 e. The van der Waals surface area contributed by atoms with Crippen molar-refractivity contribution in [2.24, 2.45) is 17.4 Å². The number of amides is 8. The summed E-state index contributed by atoms with van der Waals surface area (Å²) >= 11 is 1.36. The van der Waals surface area contributed by atoms with E-state index in [2.05, 4.69) is 37.2 Å². The van der Waals surface area contributed by atoms with Crippen LogP contribution in [0.2, 0.25) is 0 Å². The molecule has 1 saturated heterocycles. The Balaban J connectivity index is 3.11. The number of nitrogens with one attached hydrogen (secondary N) is 7. The van der Waals surface area contributed by atoms with E-state index in [-0.39, 0.29) is 38.1 Å². The molecule has 1 aliphatic heterocycles. The maximum Gasteiger partial charge on any atom is 0.326 e. The molecule has 10 unspecified atom stereocenters. The van der Waals surface area contributed by atoms with Crippen LogP contribution in [0.3, 0.4) is 0 Å². The number of carbonyl (C=O) groups excluding carboxylic acids is 8. The average molecular weight is 965 g/mol. The summed E-state index contributed by atoms with van der Waals surface area (Å²) in [5.74, 6) is -11.1. The van der Waals surface area contributed by atoms with Crippen molar-refractivity contribution in [3.05, 3.63) is 0 Å². The molecule has 66 heavy (non-hydrogen) atoms. The highest BCUT2D eigenvalue weighted by Gasteiger charge is 2.41. The zero-order valence-electron chi connectivity index (χ0n) is 37.5. The fraction of sp³-hybridized carbons (Fsp3) is 0.744. The van der Waals surface area contributed by atoms with Crippen molar-refractivity contribution in [1.82, 2.24) is 42.1 Å². The Morgan fingerprint density at radius 3 is 1.59 bits per heavy atom. The Hall–Kier alpha value is -5.19. The van der Waals surface area contributed by atoms with Crippen molar-refractivity contribution in [2.75, 3.05) is 44.9 Å². The van der Waals surface area contributed by atoms with Gasteiger partial charge in [0.1, 0.15) is 48.3 Å². The van der Waals surface area contributed by atoms with Crippen LogP contribution in [0.25, 0.3) is 0 Å². The molecule has 1 fully saturated rings. The Morgan fingerprint density at radius 2 is 1.15 bits per heavy atom. The third kappa shape index (κ3) is 19.7. The standard InChI is InChI=1S/C39H68N10O16S/c1-19(2)14-24(39(64)65)44-37(62)30(20(3)53)48-36(61)28-9-7-12-49(28)38(63)23(15-29(54)55)43-33(58)25(16-50)46-35(60)27(18-52)47-34(59)26(17-51)45-32(57)22(10-13-66-4)42-31(56)21(41)8-5-6-11-40/h19-28,30,50-53H,5-18,40-41H2,1-4H3,(H,42,56)(H,43,58)(H,44,62)(H,45,57)(H,46,60)(H,47,59)(H,48,61)(H,54,55)(H,64,65). The summed E-state index contributed by atoms with van der Waals surface area (Å²) in [6, 6.07) is -14.0. The lowest BCUT2D eigenvalue weighted by Gasteiger charge is -2.31. The summed E-state index contributed by atoms with van der Waals surface area (Å²) in [5, 5.41) is 75.1. The summed E-state index contributed by atoms with van der Waals surface area (Å²) in [6.07, 6.45) is 0.971. The van der Waals surface area contributed by atoms with Crippen molar-refractivity contribution < 1.29 is 78.6 Å². The number of carbonyl (C=O) groups is 10. The minimum absolute atomic E-state index is 0.00515. The molecule has 376 valence electrons. The van der Waals surface area contributed by atoms with E-state index in [1.165, 1.54) is 11.8 Å². The molecule has 1 rings (SSSR count). The number of hydrogen-bond donors (Lipinski definition) is 15. The van der Waals surface area contributed by atoms with Crippen LogP contribution in [0.15, 0.2) is 0 Å². The summed E-state index contributed by atoms with van der Waals surface area (Å²) in [4.78, 5) is 130. The summed E-state index contributed by atoms with van der Waals surface area (Å²) in [6.45, 7) is 1.58. The van der Waals surface area contributed by atoms with Gasteiger partial charge in [-0.15, -0.1) is 0 Å². The molecule has 8 amide bonds. The lowest BCUT2D eigenvalue weighted by atomic mass is 10.0. The fourth-order valence-corrected chi connectivity index (χ4v) is 7.05. The second-order valence-corrected chi connectivity index (χ2v) is 17.1. The largest absolute Gasteiger partial charge is 0.481 e. The molecule has 10 atom stereocenters. The number of nitrogens with zero attached hydrogens (tertiary/aromatic N) is 1. The van der Waals surface area contributed by atoms with Gasteiger partial charge in [-0.05, 0) is 69.9 Å². The monoisotopic (exact) mass is 964 g/mol. The predicted octanol–water partition coefficient (Wildman–Crippen LogP) is -6.46. The number of nitrogens with two attached hydrogens (primary N) is 2. The van der Waals surface area contributed by atoms with Crippen LogP contribution in [0.5, 0.6) is 0 Å². The number of unbranched alkanes of at least 4 members (excludes halogenated alkanes) is 1. The number of hydrogen-bond acceptors (Lipinski definition) is 17. The van der Waals surface area contributed by atoms with E-state index in [0.717, 1.165) is 11.8 Å². The van der Waals surface area contributed by atoms with Gasteiger partial charge in [0.05, 0.1) is 38.4 Å². The van der Waals surface area contributed by atoms with E-state index in [0.29, 0.717) is 31.6 Å². The van der Waals surface area contributed by atoms with Gasteiger partial charge < -0.3 is 84.2 Å². The van der Waals surface area contributed by atoms with Crippen molar-refractivity contribution in [2.45, 2.75) is 133 Å². The van der Waals surface area contributed by atoms with Crippen LogP contribution < -0.4 is 48.7 Å². The van der Waals surface area contributed by atoms with E-state index in [4.69, 9.17) is 11.5 Å². The summed E-state index contributed by atoms with van der Waals surface area (Å²) < 4.78 is 0. The minimum atomic E-state index is -1.93. The molecule has 0 aromatic carbocycles. The molecule has 0 aliphatic carbocycles. The van der Waals surface area contributed by atoms with Crippen LogP contribution in [0, 0.1) is 5.92 Å². The van der Waals surface area contributed by atoms with Crippen LogP contribution in [-0.2, 0) is 47.9 Å². The number of thioether (sulfide) groups is 1. The van der Waals surface area contributed by atoms with Crippen LogP contribution in [0.1, 0.15) is 72.1 Å². The van der Waals surface area contributed by atoms with E-state index in [1.54, 1.807) is 20.1 Å². The number of rotatable bonds is 31. The first-order chi connectivity index (χ1) is 31.1. The summed E-state index contributed by atoms with van der Waals surface area (Å²) in [7, 11) is 0. The third-order valence-corrected chi connectivity index (χ3v) is 10.9. The SMILES string of the molecule is CSCCC(NC(=O)C(N)CCCCN)C(=O)NC(CO)C(=O)NC(CO)C(=O)NC(CO)C(=O)NC(CC(=O)O)C(=O)N1CCCC1C(=O)NC(C(=O)NC(CC(C)C)C(=O)O)C(C)O. The highest BCUT2D eigenvalue weighted by atomic mass is 32.2. The quantitative estimate of drug-likeness (QED) is 0.0287. The molecule has 17 N–H and O–H groups in total. The van der Waals surface area contributed by atoms with Crippen molar-refractivity contribution in [3.8, 4) is 0 Å². The van der Waals surface area contributed by atoms with Gasteiger partial charge in [0, 0.05) is 6.54 Å². The molecule has 0 saturated carbocycles. The molecule has 1 aliphatic rings. The van der Waals surface area contributed by atoms with Gasteiger partial charge in [-0.3, -0.25) is 43.2 Å². The molecule has 0 aromatic rings. The lowest BCUT2D eigenvalue weighted by molar-refractivity contribution is -0.147. The molecule has 0 aromatic heterocycles. The zero-order chi connectivity index (χ0) is 50.3. The number of aliphatic carboxylic acids is 2. The predicted molar refractivity (Wildman–Crippen MR) is 234 cm³/mol. The number of aliphatic hydroxyl groups is 4. The van der Waals surface area contributed by atoms with Crippen molar-refractivity contribution in [1.29, 1.82) is 0 Å². The van der Waals surface area contributed by atoms with E-state index in [1.807, 2.05) is 0 Å². The zero-order valence-corrected chi connectivity index (χ0v) is 38.3. The van der Waals surface area contributed by atoms with Gasteiger partial charge in [-0.25, -0.2) is 4.79 Å². The molecule has 0 radical (unpaired) electrons. The van der Waals surface area contributed by atoms with Gasteiger partial charge in [0.15, 0.2) is 0 Å². The Morgan fingerprint density at radius 1 is 0.667 bits per heavy atom. The van der Waals surface area contributed by atoms with E-state index in [9.17, 15) is 78.6 Å². The van der Waals surface area contributed by atoms with Crippen molar-refractivity contribution >= 4 is 71.0 Å². The maximum atomic E-state index is 13.8. The van der Waals surface area contributed by atoms with Crippen LogP contribution >= 0.6 is 11.8 Å². The maximum absolute atomic E-state index is 13.8. The molecular formula is C39H68N10O16S. The molecule has 27 heteroatoms.